The minimum absolute atomic E-state index is 0.00173. The standard InChI is InChI=1S/C68H98O11S2/c1-45-17-23-51(24-18-45)80(71,72)77-41-13-9-11-15-61(47-33-37-65(3)49(43-47)21-27-53-55-29-31-59(63(69)75-7)67(55,5)39-35-57(53)65)79-62(16-12-10-14-42-78-81(73,74)52-25-19-46(2)20-26-52)48-34-38-66(4)50(44-48)22-28-54-56-30-32-60(64(70)76-8)68(56,6)40-36-58(54)66/h17-26,47-48,53-62H,9-16,27-44H2,1-8H3/t47-,48-,53-,54-,55-,56-,57-,58-,59+,60+,61?,62?,65-,66-,67-,68-/m0/s1. The van der Waals surface area contributed by atoms with Crippen molar-refractivity contribution in [3.63, 3.8) is 0 Å². The molecule has 8 aliphatic rings. The number of rotatable bonds is 22. The molecule has 6 saturated carbocycles. The van der Waals surface area contributed by atoms with Crippen LogP contribution in [0.15, 0.2) is 81.6 Å². The highest BCUT2D eigenvalue weighted by atomic mass is 32.2. The molecule has 0 spiro atoms. The number of hydrogen-bond donors (Lipinski definition) is 0. The summed E-state index contributed by atoms with van der Waals surface area (Å²) in [6.07, 6.45) is 29.1. The summed E-state index contributed by atoms with van der Waals surface area (Å²) < 4.78 is 82.3. The molecule has 81 heavy (non-hydrogen) atoms. The molecule has 0 saturated heterocycles. The lowest BCUT2D eigenvalue weighted by molar-refractivity contribution is -0.153. The number of methoxy groups -OCH3 is 2. The van der Waals surface area contributed by atoms with E-state index in [0.717, 1.165) is 152 Å². The molecular weight excluding hydrogens is 1060 g/mol. The van der Waals surface area contributed by atoms with Crippen LogP contribution in [0, 0.1) is 94.7 Å². The monoisotopic (exact) mass is 1150 g/mol. The second kappa shape index (κ2) is 24.6. The van der Waals surface area contributed by atoms with E-state index >= 15 is 0 Å². The molecule has 0 bridgehead atoms. The number of allylic oxidation sites excluding steroid dienone is 4. The fraction of sp³-hybridized carbons (Fsp3) is 0.735. The Labute approximate surface area is 487 Å². The smallest absolute Gasteiger partial charge is 0.309 e. The molecule has 0 aliphatic heterocycles. The van der Waals surface area contributed by atoms with Gasteiger partial charge in [0.2, 0.25) is 0 Å². The van der Waals surface area contributed by atoms with Gasteiger partial charge in [0.1, 0.15) is 0 Å². The second-order valence-electron chi connectivity index (χ2n) is 28.0. The number of fused-ring (bicyclic) bond motifs is 10. The van der Waals surface area contributed by atoms with E-state index in [-0.39, 0.29) is 80.6 Å². The Morgan fingerprint density at radius 1 is 0.506 bits per heavy atom. The van der Waals surface area contributed by atoms with Crippen molar-refractivity contribution in [1.82, 2.24) is 0 Å². The van der Waals surface area contributed by atoms with Crippen LogP contribution in [0.4, 0.5) is 0 Å². The minimum Gasteiger partial charge on any atom is -0.469 e. The summed E-state index contributed by atoms with van der Waals surface area (Å²) in [7, 11) is -4.60. The average Bonchev–Trinajstić information content (AvgIpc) is 2.71. The fourth-order valence-corrected chi connectivity index (χ4v) is 21.1. The topological polar surface area (TPSA) is 149 Å². The van der Waals surface area contributed by atoms with Gasteiger partial charge in [-0.05, 0) is 236 Å². The number of carbonyl (C=O) groups is 2. The Balaban J connectivity index is 0.871. The van der Waals surface area contributed by atoms with Crippen LogP contribution in [0.5, 0.6) is 0 Å². The number of benzene rings is 2. The molecule has 2 unspecified atom stereocenters. The van der Waals surface area contributed by atoms with Crippen LogP contribution in [-0.2, 0) is 52.4 Å². The Hall–Kier alpha value is -3.36. The molecular formula is C68H98O11S2. The summed E-state index contributed by atoms with van der Waals surface area (Å²) in [6, 6.07) is 13.7. The molecule has 0 heterocycles. The van der Waals surface area contributed by atoms with Gasteiger partial charge in [-0.2, -0.15) is 16.8 Å². The highest BCUT2D eigenvalue weighted by Crippen LogP contribution is 2.69. The van der Waals surface area contributed by atoms with Gasteiger partial charge in [-0.15, -0.1) is 0 Å². The van der Waals surface area contributed by atoms with Crippen LogP contribution in [-0.4, -0.2) is 68.4 Å². The van der Waals surface area contributed by atoms with E-state index in [1.165, 1.54) is 0 Å². The number of aryl methyl sites for hydroxylation is 2. The van der Waals surface area contributed by atoms with Crippen molar-refractivity contribution in [2.45, 2.75) is 218 Å². The summed E-state index contributed by atoms with van der Waals surface area (Å²) in [5, 5.41) is 0. The number of carbonyl (C=O) groups excluding carboxylic acids is 2. The highest BCUT2D eigenvalue weighted by Gasteiger charge is 2.62. The van der Waals surface area contributed by atoms with Crippen molar-refractivity contribution in [3.05, 3.63) is 83.0 Å². The van der Waals surface area contributed by atoms with Crippen LogP contribution in [0.3, 0.4) is 0 Å². The number of esters is 2. The molecule has 0 amide bonds. The third kappa shape index (κ3) is 12.0. The van der Waals surface area contributed by atoms with E-state index in [1.807, 2.05) is 13.8 Å². The van der Waals surface area contributed by atoms with E-state index in [4.69, 9.17) is 22.6 Å². The first-order valence-electron chi connectivity index (χ1n) is 31.8. The van der Waals surface area contributed by atoms with E-state index in [2.05, 4.69) is 39.8 Å². The highest BCUT2D eigenvalue weighted by molar-refractivity contribution is 7.87. The Morgan fingerprint density at radius 3 is 1.28 bits per heavy atom. The van der Waals surface area contributed by atoms with Gasteiger partial charge in [0.25, 0.3) is 20.2 Å². The molecule has 0 radical (unpaired) electrons. The SMILES string of the molecule is COC(=O)[C@H]1CC[C@H]2[C@@H]3CC=C4C[C@@H](C(CCCCCOS(=O)(=O)c5ccc(C)cc5)OC(CCCCCOS(=O)(=O)c5ccc(C)cc5)[C@H]5CC[C@@]6(C)C(=CC[C@H]7[C@@H]8CC[C@H](C(=O)OC)[C@@]8(C)CC[C@@H]76)C5)CC[C@]4(C)[C@H]3CC[C@]12C. The maximum absolute atomic E-state index is 13.1. The number of hydrogen-bond acceptors (Lipinski definition) is 11. The molecule has 0 N–H and O–H groups in total. The van der Waals surface area contributed by atoms with Crippen LogP contribution in [0.1, 0.15) is 193 Å². The van der Waals surface area contributed by atoms with E-state index in [0.29, 0.717) is 60.2 Å². The number of unbranched alkanes of at least 4 members (excludes halogenated alkanes) is 4. The predicted octanol–water partition coefficient (Wildman–Crippen LogP) is 15.0. The molecule has 2 aromatic rings. The van der Waals surface area contributed by atoms with E-state index < -0.39 is 20.2 Å². The predicted molar refractivity (Wildman–Crippen MR) is 316 cm³/mol. The summed E-state index contributed by atoms with van der Waals surface area (Å²) >= 11 is 0. The van der Waals surface area contributed by atoms with Crippen molar-refractivity contribution >= 4 is 32.2 Å². The number of ether oxygens (including phenoxy) is 3. The molecule has 8 aliphatic carbocycles. The van der Waals surface area contributed by atoms with Gasteiger partial charge in [0, 0.05) is 0 Å². The zero-order chi connectivity index (χ0) is 57.5. The summed E-state index contributed by atoms with van der Waals surface area (Å²) in [5.41, 5.74) is 5.47. The zero-order valence-corrected chi connectivity index (χ0v) is 52.0. The Kier molecular flexibility index (Phi) is 18.4. The van der Waals surface area contributed by atoms with Crippen molar-refractivity contribution < 1.29 is 49.0 Å². The van der Waals surface area contributed by atoms with Crippen LogP contribution in [0.25, 0.3) is 0 Å². The maximum Gasteiger partial charge on any atom is 0.309 e. The molecule has 448 valence electrons. The zero-order valence-electron chi connectivity index (χ0n) is 50.4. The van der Waals surface area contributed by atoms with Gasteiger partial charge in [-0.1, -0.05) is 112 Å². The van der Waals surface area contributed by atoms with Gasteiger partial charge in [-0.25, -0.2) is 0 Å². The fourth-order valence-electron chi connectivity index (χ4n) is 19.3. The lowest BCUT2D eigenvalue weighted by atomic mass is 9.46. The first kappa shape index (κ1) is 60.8. The second-order valence-corrected chi connectivity index (χ2v) is 31.2. The lowest BCUT2D eigenvalue weighted by Crippen LogP contribution is -2.51. The molecule has 6 fully saturated rings. The largest absolute Gasteiger partial charge is 0.469 e. The molecule has 16 atom stereocenters. The normalized spacial score (nSPS) is 36.0. The van der Waals surface area contributed by atoms with E-state index in [1.54, 1.807) is 73.9 Å². The van der Waals surface area contributed by atoms with Crippen molar-refractivity contribution in [2.75, 3.05) is 27.4 Å². The van der Waals surface area contributed by atoms with Crippen molar-refractivity contribution in [3.8, 4) is 0 Å². The van der Waals surface area contributed by atoms with E-state index in [9.17, 15) is 26.4 Å². The first-order chi connectivity index (χ1) is 38.6. The van der Waals surface area contributed by atoms with Crippen LogP contribution >= 0.6 is 0 Å². The average molecular weight is 1160 g/mol. The summed E-state index contributed by atoms with van der Waals surface area (Å²) in [4.78, 5) is 26.6. The molecule has 13 heteroatoms. The molecule has 10 rings (SSSR count). The van der Waals surface area contributed by atoms with Gasteiger partial charge < -0.3 is 14.2 Å². The first-order valence-corrected chi connectivity index (χ1v) is 34.6. The van der Waals surface area contributed by atoms with Crippen LogP contribution in [0.2, 0.25) is 0 Å². The van der Waals surface area contributed by atoms with Crippen LogP contribution < -0.4 is 0 Å². The lowest BCUT2D eigenvalue weighted by Gasteiger charge is -2.58. The third-order valence-corrected chi connectivity index (χ3v) is 26.7. The Morgan fingerprint density at radius 2 is 0.901 bits per heavy atom. The summed E-state index contributed by atoms with van der Waals surface area (Å²) in [5.74, 6) is 4.09. The Bertz CT molecular complexity index is 2650. The minimum atomic E-state index is -3.85. The van der Waals surface area contributed by atoms with Gasteiger partial charge >= 0.3 is 11.9 Å². The van der Waals surface area contributed by atoms with Crippen molar-refractivity contribution in [2.24, 2.45) is 80.8 Å². The molecule has 2 aromatic carbocycles. The quantitative estimate of drug-likeness (QED) is 0.0480. The molecule has 0 aromatic heterocycles. The van der Waals surface area contributed by atoms with Gasteiger partial charge in [0.05, 0.1) is 61.3 Å². The van der Waals surface area contributed by atoms with Gasteiger partial charge in [0.15, 0.2) is 0 Å². The van der Waals surface area contributed by atoms with Gasteiger partial charge in [-0.3, -0.25) is 18.0 Å². The van der Waals surface area contributed by atoms with Crippen molar-refractivity contribution in [1.29, 1.82) is 0 Å². The molecule has 11 nitrogen and oxygen atoms in total. The summed E-state index contributed by atoms with van der Waals surface area (Å²) in [6.45, 7) is 14.1. The maximum atomic E-state index is 13.1. The third-order valence-electron chi connectivity index (χ3n) is 24.0.